The van der Waals surface area contributed by atoms with Crippen LogP contribution in [0.1, 0.15) is 29.3 Å². The van der Waals surface area contributed by atoms with Gasteiger partial charge in [0.05, 0.1) is 23.6 Å². The van der Waals surface area contributed by atoms with Crippen LogP contribution in [-0.4, -0.2) is 24.2 Å². The number of carbonyl (C=O) groups is 1. The quantitative estimate of drug-likeness (QED) is 0.923. The molecule has 108 valence electrons. The van der Waals surface area contributed by atoms with Crippen LogP contribution in [0.3, 0.4) is 0 Å². The Morgan fingerprint density at radius 3 is 2.55 bits per heavy atom. The van der Waals surface area contributed by atoms with Crippen LogP contribution >= 0.6 is 0 Å². The van der Waals surface area contributed by atoms with Crippen molar-refractivity contribution >= 4 is 11.7 Å². The largest absolute Gasteiger partial charge is 0.478 e. The van der Waals surface area contributed by atoms with Crippen molar-refractivity contribution in [3.05, 3.63) is 29.3 Å². The third-order valence-electron chi connectivity index (χ3n) is 2.98. The highest BCUT2D eigenvalue weighted by atomic mass is 19.4. The van der Waals surface area contributed by atoms with Crippen LogP contribution < -0.4 is 4.90 Å². The number of nitrogens with zero attached hydrogens (tertiary/aromatic N) is 2. The number of anilines is 1. The summed E-state index contributed by atoms with van der Waals surface area (Å²) in [5, 5.41) is 17.4. The molecule has 0 saturated carbocycles. The van der Waals surface area contributed by atoms with Gasteiger partial charge >= 0.3 is 12.1 Å². The first kappa shape index (κ1) is 15.8. The summed E-state index contributed by atoms with van der Waals surface area (Å²) in [5.41, 5.74) is -1.60. The third-order valence-corrected chi connectivity index (χ3v) is 2.98. The molecule has 0 aliphatic heterocycles. The summed E-state index contributed by atoms with van der Waals surface area (Å²) in [6.45, 7) is 1.62. The van der Waals surface area contributed by atoms with E-state index in [1.807, 2.05) is 6.07 Å². The molecule has 1 atom stereocenters. The number of benzene rings is 1. The minimum Gasteiger partial charge on any atom is -0.478 e. The van der Waals surface area contributed by atoms with Crippen LogP contribution in [0.15, 0.2) is 18.2 Å². The molecule has 4 nitrogen and oxygen atoms in total. The molecule has 0 spiro atoms. The van der Waals surface area contributed by atoms with E-state index in [2.05, 4.69) is 0 Å². The number of nitriles is 1. The minimum atomic E-state index is -4.67. The van der Waals surface area contributed by atoms with Crippen LogP contribution in [0.2, 0.25) is 0 Å². The van der Waals surface area contributed by atoms with Gasteiger partial charge in [0, 0.05) is 18.8 Å². The number of carboxylic acid groups (broad SMARTS) is 1. The third kappa shape index (κ3) is 3.41. The molecule has 7 heteroatoms. The highest BCUT2D eigenvalue weighted by molar-refractivity contribution is 5.88. The summed E-state index contributed by atoms with van der Waals surface area (Å²) in [7, 11) is 1.44. The van der Waals surface area contributed by atoms with Crippen LogP contribution in [0, 0.1) is 11.3 Å². The van der Waals surface area contributed by atoms with E-state index >= 15 is 0 Å². The molecule has 20 heavy (non-hydrogen) atoms. The van der Waals surface area contributed by atoms with Gasteiger partial charge in [0.15, 0.2) is 0 Å². The summed E-state index contributed by atoms with van der Waals surface area (Å²) in [5.74, 6) is -1.42. The van der Waals surface area contributed by atoms with Crippen molar-refractivity contribution in [3.8, 4) is 6.07 Å². The van der Waals surface area contributed by atoms with Crippen molar-refractivity contribution in [3.63, 3.8) is 0 Å². The molecule has 1 aromatic rings. The fourth-order valence-corrected chi connectivity index (χ4v) is 1.71. The number of hydrogen-bond donors (Lipinski definition) is 1. The van der Waals surface area contributed by atoms with Gasteiger partial charge in [-0.25, -0.2) is 4.79 Å². The fraction of sp³-hybridized carbons (Fsp3) is 0.385. The molecule has 0 bridgehead atoms. The highest BCUT2D eigenvalue weighted by Crippen LogP contribution is 2.37. The van der Waals surface area contributed by atoms with Gasteiger partial charge in [0.25, 0.3) is 0 Å². The number of halogens is 3. The molecule has 0 saturated heterocycles. The first-order valence-corrected chi connectivity index (χ1v) is 5.72. The van der Waals surface area contributed by atoms with Gasteiger partial charge in [0.2, 0.25) is 0 Å². The molecule has 0 aliphatic rings. The summed E-state index contributed by atoms with van der Waals surface area (Å²) < 4.78 is 39.1. The fourth-order valence-electron chi connectivity index (χ4n) is 1.71. The Morgan fingerprint density at radius 1 is 1.50 bits per heavy atom. The average molecular weight is 286 g/mol. The number of rotatable bonds is 4. The first-order chi connectivity index (χ1) is 9.18. The maximum Gasteiger partial charge on any atom is 0.418 e. The Kier molecular flexibility index (Phi) is 4.61. The highest BCUT2D eigenvalue weighted by Gasteiger charge is 2.35. The molecule has 1 aromatic carbocycles. The summed E-state index contributed by atoms with van der Waals surface area (Å²) in [4.78, 5) is 12.1. The summed E-state index contributed by atoms with van der Waals surface area (Å²) >= 11 is 0. The molecule has 1 unspecified atom stereocenters. The molecule has 0 fully saturated rings. The topological polar surface area (TPSA) is 64.3 Å². The molecule has 1 rings (SSSR count). The lowest BCUT2D eigenvalue weighted by Crippen LogP contribution is -2.30. The van der Waals surface area contributed by atoms with Crippen LogP contribution in [0.25, 0.3) is 0 Å². The molecule has 0 aromatic heterocycles. The van der Waals surface area contributed by atoms with Crippen LogP contribution in [-0.2, 0) is 6.18 Å². The van der Waals surface area contributed by atoms with Gasteiger partial charge in [0.1, 0.15) is 0 Å². The zero-order valence-electron chi connectivity index (χ0n) is 10.9. The minimum absolute atomic E-state index is 0.0640. The lowest BCUT2D eigenvalue weighted by atomic mass is 10.1. The Balaban J connectivity index is 3.33. The van der Waals surface area contributed by atoms with Gasteiger partial charge in [-0.2, -0.15) is 18.4 Å². The molecule has 0 amide bonds. The van der Waals surface area contributed by atoms with E-state index in [9.17, 15) is 18.0 Å². The number of hydrogen-bond acceptors (Lipinski definition) is 3. The lowest BCUT2D eigenvalue weighted by Gasteiger charge is -2.28. The predicted molar refractivity (Wildman–Crippen MR) is 66.5 cm³/mol. The van der Waals surface area contributed by atoms with Crippen molar-refractivity contribution in [2.24, 2.45) is 0 Å². The Hall–Kier alpha value is -2.23. The Bertz CT molecular complexity index is 550. The van der Waals surface area contributed by atoms with Gasteiger partial charge in [-0.3, -0.25) is 0 Å². The zero-order chi connectivity index (χ0) is 15.5. The number of aromatic carboxylic acids is 1. The van der Waals surface area contributed by atoms with Crippen LogP contribution in [0.5, 0.6) is 0 Å². The van der Waals surface area contributed by atoms with Crippen molar-refractivity contribution in [1.82, 2.24) is 0 Å². The Morgan fingerprint density at radius 2 is 2.10 bits per heavy atom. The zero-order valence-corrected chi connectivity index (χ0v) is 10.9. The smallest absolute Gasteiger partial charge is 0.418 e. The maximum absolute atomic E-state index is 13.0. The van der Waals surface area contributed by atoms with Crippen LogP contribution in [0.4, 0.5) is 18.9 Å². The van der Waals surface area contributed by atoms with E-state index in [1.54, 1.807) is 6.92 Å². The number of alkyl halides is 3. The Labute approximate surface area is 114 Å². The van der Waals surface area contributed by atoms with E-state index in [1.165, 1.54) is 11.9 Å². The second-order valence-corrected chi connectivity index (χ2v) is 4.36. The SMILES string of the molecule is CC(CC#N)N(C)c1ccc(C(=O)O)cc1C(F)(F)F. The van der Waals surface area contributed by atoms with E-state index in [0.717, 1.165) is 12.1 Å². The average Bonchev–Trinajstić information content (AvgIpc) is 2.36. The van der Waals surface area contributed by atoms with E-state index in [0.29, 0.717) is 6.07 Å². The molecule has 0 aliphatic carbocycles. The normalized spacial score (nSPS) is 12.6. The molecule has 0 heterocycles. The van der Waals surface area contributed by atoms with E-state index in [4.69, 9.17) is 10.4 Å². The van der Waals surface area contributed by atoms with Gasteiger partial charge in [-0.15, -0.1) is 0 Å². The number of carboxylic acids is 1. The van der Waals surface area contributed by atoms with Crippen molar-refractivity contribution in [2.45, 2.75) is 25.6 Å². The van der Waals surface area contributed by atoms with Crippen molar-refractivity contribution < 1.29 is 23.1 Å². The van der Waals surface area contributed by atoms with Gasteiger partial charge < -0.3 is 10.0 Å². The second kappa shape index (κ2) is 5.82. The summed E-state index contributed by atoms with van der Waals surface area (Å²) in [6, 6.07) is 4.30. The summed E-state index contributed by atoms with van der Waals surface area (Å²) in [6.07, 6.45) is -4.60. The molecular formula is C13H13F3N2O2. The predicted octanol–water partition coefficient (Wildman–Crippen LogP) is 3.14. The lowest BCUT2D eigenvalue weighted by molar-refractivity contribution is -0.137. The monoisotopic (exact) mass is 286 g/mol. The second-order valence-electron chi connectivity index (χ2n) is 4.36. The van der Waals surface area contributed by atoms with Gasteiger partial charge in [-0.05, 0) is 25.1 Å². The molecule has 1 N–H and O–H groups in total. The first-order valence-electron chi connectivity index (χ1n) is 5.72. The van der Waals surface area contributed by atoms with Crippen molar-refractivity contribution in [1.29, 1.82) is 5.26 Å². The maximum atomic E-state index is 13.0. The molecule has 0 radical (unpaired) electrons. The van der Waals surface area contributed by atoms with E-state index in [-0.39, 0.29) is 12.1 Å². The standard InChI is InChI=1S/C13H13F3N2O2/c1-8(5-6-17)18(2)11-4-3-9(12(19)20)7-10(11)13(14,15)16/h3-4,7-8H,5H2,1-2H3,(H,19,20). The molecular weight excluding hydrogens is 273 g/mol. The van der Waals surface area contributed by atoms with Crippen molar-refractivity contribution in [2.75, 3.05) is 11.9 Å². The van der Waals surface area contributed by atoms with Gasteiger partial charge in [-0.1, -0.05) is 0 Å². The van der Waals surface area contributed by atoms with E-state index < -0.39 is 29.3 Å².